The highest BCUT2D eigenvalue weighted by molar-refractivity contribution is 6.23. The van der Waals surface area contributed by atoms with Gasteiger partial charge in [0.05, 0.1) is 25.1 Å². The zero-order chi connectivity index (χ0) is 25.7. The fourth-order valence-corrected chi connectivity index (χ4v) is 4.27. The molecule has 0 aromatic heterocycles. The Bertz CT molecular complexity index is 1210. The summed E-state index contributed by atoms with van der Waals surface area (Å²) in [5, 5.41) is 1.02. The summed E-state index contributed by atoms with van der Waals surface area (Å²) in [6.45, 7) is 1.63. The van der Waals surface area contributed by atoms with Gasteiger partial charge in [0, 0.05) is 6.42 Å². The maximum atomic E-state index is 13.6. The summed E-state index contributed by atoms with van der Waals surface area (Å²) in [5.74, 6) is -2.12. The van der Waals surface area contributed by atoms with E-state index in [0.717, 1.165) is 21.0 Å². The van der Waals surface area contributed by atoms with E-state index in [-0.39, 0.29) is 12.8 Å². The van der Waals surface area contributed by atoms with Crippen molar-refractivity contribution >= 4 is 29.3 Å². The highest BCUT2D eigenvalue weighted by atomic mass is 16.5. The van der Waals surface area contributed by atoms with E-state index in [2.05, 4.69) is 5.43 Å². The van der Waals surface area contributed by atoms with Crippen LogP contribution in [0.4, 0.5) is 5.69 Å². The molecule has 1 heterocycles. The summed E-state index contributed by atoms with van der Waals surface area (Å²) in [4.78, 5) is 53.8. The number of hydrogen-bond acceptors (Lipinski definition) is 5. The Kier molecular flexibility index (Phi) is 7.44. The molecule has 8 heteroatoms. The van der Waals surface area contributed by atoms with Gasteiger partial charge in [-0.15, -0.1) is 0 Å². The molecule has 184 valence electrons. The fourth-order valence-electron chi connectivity index (χ4n) is 4.27. The maximum Gasteiger partial charge on any atom is 0.259 e. The zero-order valence-electron chi connectivity index (χ0n) is 20.1. The molecule has 1 fully saturated rings. The molecule has 8 nitrogen and oxygen atoms in total. The number of imide groups is 1. The molecule has 3 aromatic carbocycles. The summed E-state index contributed by atoms with van der Waals surface area (Å²) in [5.41, 5.74) is 4.51. The van der Waals surface area contributed by atoms with Crippen molar-refractivity contribution in [2.75, 3.05) is 12.0 Å². The van der Waals surface area contributed by atoms with E-state index >= 15 is 0 Å². The minimum Gasteiger partial charge on any atom is -0.497 e. The van der Waals surface area contributed by atoms with Crippen molar-refractivity contribution < 1.29 is 23.9 Å². The molecule has 1 unspecified atom stereocenters. The number of carbonyl (C=O) groups excluding carboxylic acids is 4. The lowest BCUT2D eigenvalue weighted by Crippen LogP contribution is -2.55. The second-order valence-electron chi connectivity index (χ2n) is 8.33. The summed E-state index contributed by atoms with van der Waals surface area (Å²) < 4.78 is 5.14. The first-order chi connectivity index (χ1) is 17.4. The minimum absolute atomic E-state index is 0.0438. The predicted octanol–water partition coefficient (Wildman–Crippen LogP) is 3.43. The lowest BCUT2D eigenvalue weighted by molar-refractivity contribution is -0.147. The van der Waals surface area contributed by atoms with Crippen LogP contribution in [-0.2, 0) is 19.2 Å². The van der Waals surface area contributed by atoms with E-state index in [1.54, 1.807) is 31.2 Å². The van der Waals surface area contributed by atoms with Crippen molar-refractivity contribution in [1.82, 2.24) is 10.4 Å². The first kappa shape index (κ1) is 24.7. The maximum absolute atomic E-state index is 13.6. The average Bonchev–Trinajstić information content (AvgIpc) is 3.21. The van der Waals surface area contributed by atoms with Crippen LogP contribution in [0.2, 0.25) is 0 Å². The molecule has 4 amide bonds. The van der Waals surface area contributed by atoms with Gasteiger partial charge in [0.2, 0.25) is 11.8 Å². The first-order valence-corrected chi connectivity index (χ1v) is 11.7. The molecular weight excluding hydrogens is 458 g/mol. The Morgan fingerprint density at radius 3 is 2.00 bits per heavy atom. The highest BCUT2D eigenvalue weighted by Crippen LogP contribution is 2.29. The number of hydrogen-bond donors (Lipinski definition) is 1. The van der Waals surface area contributed by atoms with Crippen molar-refractivity contribution in [3.05, 3.63) is 96.1 Å². The van der Waals surface area contributed by atoms with Crippen LogP contribution in [0.5, 0.6) is 5.75 Å². The number of benzene rings is 3. The molecular formula is C28H27N3O5. The number of carbonyl (C=O) groups is 4. The first-order valence-electron chi connectivity index (χ1n) is 11.7. The number of anilines is 1. The van der Waals surface area contributed by atoms with Gasteiger partial charge < -0.3 is 4.74 Å². The lowest BCUT2D eigenvalue weighted by atomic mass is 9.91. The third-order valence-electron chi connectivity index (χ3n) is 6.09. The second-order valence-corrected chi connectivity index (χ2v) is 8.33. The van der Waals surface area contributed by atoms with Gasteiger partial charge in [0.1, 0.15) is 11.8 Å². The Morgan fingerprint density at radius 1 is 0.944 bits per heavy atom. The van der Waals surface area contributed by atoms with Gasteiger partial charge in [-0.3, -0.25) is 24.6 Å². The van der Waals surface area contributed by atoms with E-state index < -0.39 is 35.6 Å². The lowest BCUT2D eigenvalue weighted by Gasteiger charge is -2.29. The molecule has 1 saturated heterocycles. The van der Waals surface area contributed by atoms with Crippen LogP contribution < -0.4 is 15.1 Å². The second kappa shape index (κ2) is 10.9. The smallest absolute Gasteiger partial charge is 0.259 e. The standard InChI is InChI=1S/C28H27N3O5/c1-3-24(32)31(23-18-25(33)30(28(23)35)21-14-16-22(36-2)17-15-21)29-27(34)26(19-10-6-4-7-11-19)20-12-8-5-9-13-20/h4-17,23,26H,3,18H2,1-2H3,(H,29,34). The van der Waals surface area contributed by atoms with Crippen molar-refractivity contribution in [1.29, 1.82) is 0 Å². The third-order valence-corrected chi connectivity index (χ3v) is 6.09. The van der Waals surface area contributed by atoms with Crippen molar-refractivity contribution in [2.24, 2.45) is 0 Å². The molecule has 36 heavy (non-hydrogen) atoms. The molecule has 0 radical (unpaired) electrons. The Balaban J connectivity index is 1.63. The van der Waals surface area contributed by atoms with Crippen LogP contribution in [0.3, 0.4) is 0 Å². The van der Waals surface area contributed by atoms with Crippen LogP contribution in [0.1, 0.15) is 36.8 Å². The number of rotatable bonds is 7. The molecule has 1 atom stereocenters. The van der Waals surface area contributed by atoms with Gasteiger partial charge >= 0.3 is 0 Å². The largest absolute Gasteiger partial charge is 0.497 e. The van der Waals surface area contributed by atoms with Crippen molar-refractivity contribution in [3.63, 3.8) is 0 Å². The van der Waals surface area contributed by atoms with Gasteiger partial charge in [-0.1, -0.05) is 67.6 Å². The van der Waals surface area contributed by atoms with E-state index in [1.807, 2.05) is 60.7 Å². The fraction of sp³-hybridized carbons (Fsp3) is 0.214. The summed E-state index contributed by atoms with van der Waals surface area (Å²) in [7, 11) is 1.52. The van der Waals surface area contributed by atoms with E-state index in [9.17, 15) is 19.2 Å². The zero-order valence-corrected chi connectivity index (χ0v) is 20.1. The summed E-state index contributed by atoms with van der Waals surface area (Å²) in [6, 6.07) is 23.7. The number of amides is 4. The van der Waals surface area contributed by atoms with Gasteiger partial charge in [0.25, 0.3) is 11.8 Å². The van der Waals surface area contributed by atoms with Gasteiger partial charge in [-0.25, -0.2) is 9.91 Å². The summed E-state index contributed by atoms with van der Waals surface area (Å²) in [6.07, 6.45) is -0.194. The molecule has 1 N–H and O–H groups in total. The van der Waals surface area contributed by atoms with Gasteiger partial charge in [-0.2, -0.15) is 0 Å². The molecule has 0 bridgehead atoms. The van der Waals surface area contributed by atoms with E-state index in [0.29, 0.717) is 11.4 Å². The Labute approximate surface area is 209 Å². The highest BCUT2D eigenvalue weighted by Gasteiger charge is 2.45. The predicted molar refractivity (Wildman–Crippen MR) is 134 cm³/mol. The van der Waals surface area contributed by atoms with E-state index in [1.165, 1.54) is 7.11 Å². The molecule has 1 aliphatic rings. The monoisotopic (exact) mass is 485 g/mol. The number of nitrogens with one attached hydrogen (secondary N) is 1. The van der Waals surface area contributed by atoms with Crippen LogP contribution in [0, 0.1) is 0 Å². The average molecular weight is 486 g/mol. The number of ether oxygens (including phenoxy) is 1. The SMILES string of the molecule is CCC(=O)N(NC(=O)C(c1ccccc1)c1ccccc1)C1CC(=O)N(c2ccc(OC)cc2)C1=O. The normalized spacial score (nSPS) is 15.2. The number of methoxy groups -OCH3 is 1. The van der Waals surface area contributed by atoms with E-state index in [4.69, 9.17) is 4.74 Å². The molecule has 1 aliphatic heterocycles. The minimum atomic E-state index is -1.15. The molecule has 4 rings (SSSR count). The molecule has 0 aliphatic carbocycles. The Hall–Kier alpha value is -4.46. The van der Waals surface area contributed by atoms with Crippen LogP contribution >= 0.6 is 0 Å². The van der Waals surface area contributed by atoms with Crippen LogP contribution in [-0.4, -0.2) is 41.8 Å². The molecule has 0 spiro atoms. The van der Waals surface area contributed by atoms with Gasteiger partial charge in [-0.05, 0) is 35.4 Å². The van der Waals surface area contributed by atoms with Crippen LogP contribution in [0.25, 0.3) is 0 Å². The third kappa shape index (κ3) is 4.98. The number of hydrazine groups is 1. The molecule has 0 saturated carbocycles. The van der Waals surface area contributed by atoms with Crippen LogP contribution in [0.15, 0.2) is 84.9 Å². The summed E-state index contributed by atoms with van der Waals surface area (Å²) >= 11 is 0. The molecule has 3 aromatic rings. The van der Waals surface area contributed by atoms with Gasteiger partial charge in [0.15, 0.2) is 0 Å². The topological polar surface area (TPSA) is 96.0 Å². The Morgan fingerprint density at radius 2 is 1.50 bits per heavy atom. The van der Waals surface area contributed by atoms with Crippen molar-refractivity contribution in [2.45, 2.75) is 31.7 Å². The number of nitrogens with zero attached hydrogens (tertiary/aromatic N) is 2. The quantitative estimate of drug-likeness (QED) is 0.409. The van der Waals surface area contributed by atoms with Crippen molar-refractivity contribution in [3.8, 4) is 5.75 Å².